The zero-order chi connectivity index (χ0) is 10.4. The second-order valence-corrected chi connectivity index (χ2v) is 2.76. The third kappa shape index (κ3) is 2.61. The number of hydrogen-bond acceptors (Lipinski definition) is 4. The molecule has 78 valence electrons. The van der Waals surface area contributed by atoms with E-state index in [4.69, 9.17) is 19.7 Å². The van der Waals surface area contributed by atoms with E-state index in [1.54, 1.807) is 18.2 Å². The van der Waals surface area contributed by atoms with Crippen LogP contribution in [0.15, 0.2) is 24.3 Å². The van der Waals surface area contributed by atoms with Crippen LogP contribution in [0.4, 0.5) is 0 Å². The maximum absolute atomic E-state index is 8.83. The highest BCUT2D eigenvalue weighted by molar-refractivity contribution is 5.39. The van der Waals surface area contributed by atoms with Gasteiger partial charge >= 0.3 is 0 Å². The molecular weight excluding hydrogens is 184 g/mol. The van der Waals surface area contributed by atoms with Gasteiger partial charge in [-0.2, -0.15) is 0 Å². The molecule has 0 atom stereocenters. The number of hydrogen-bond donors (Lipinski definition) is 2. The molecule has 0 saturated heterocycles. The zero-order valence-corrected chi connectivity index (χ0v) is 8.01. The highest BCUT2D eigenvalue weighted by Gasteiger charge is 2.10. The topological polar surface area (TPSA) is 58.9 Å². The number of methoxy groups -OCH3 is 1. The molecule has 0 spiro atoms. The van der Waals surface area contributed by atoms with Crippen molar-refractivity contribution in [3.8, 4) is 11.5 Å². The number of benzene rings is 1. The third-order valence-electron chi connectivity index (χ3n) is 1.77. The van der Waals surface area contributed by atoms with Gasteiger partial charge in [-0.1, -0.05) is 12.1 Å². The van der Waals surface area contributed by atoms with Gasteiger partial charge in [0, 0.05) is 0 Å². The first-order chi connectivity index (χ1) is 6.81. The van der Waals surface area contributed by atoms with Gasteiger partial charge in [0.15, 0.2) is 11.5 Å². The SMILES string of the molecule is COc1ccccc1OC(CO)CO. The van der Waals surface area contributed by atoms with Gasteiger partial charge in [0.05, 0.1) is 20.3 Å². The Hall–Kier alpha value is -1.26. The van der Waals surface area contributed by atoms with Gasteiger partial charge in [0.1, 0.15) is 6.10 Å². The number of ether oxygens (including phenoxy) is 2. The second-order valence-electron chi connectivity index (χ2n) is 2.76. The lowest BCUT2D eigenvalue weighted by molar-refractivity contribution is 0.0610. The lowest BCUT2D eigenvalue weighted by Gasteiger charge is -2.16. The van der Waals surface area contributed by atoms with Crippen LogP contribution in [0.1, 0.15) is 0 Å². The Morgan fingerprint density at radius 2 is 1.71 bits per heavy atom. The van der Waals surface area contributed by atoms with Crippen molar-refractivity contribution in [1.29, 1.82) is 0 Å². The van der Waals surface area contributed by atoms with Gasteiger partial charge in [-0.05, 0) is 12.1 Å². The lowest BCUT2D eigenvalue weighted by atomic mass is 10.3. The molecule has 1 aromatic carbocycles. The average molecular weight is 198 g/mol. The average Bonchev–Trinajstić information content (AvgIpc) is 2.26. The summed E-state index contributed by atoms with van der Waals surface area (Å²) in [6.07, 6.45) is -0.605. The van der Waals surface area contributed by atoms with E-state index in [1.807, 2.05) is 6.07 Å². The fourth-order valence-corrected chi connectivity index (χ4v) is 1.03. The monoisotopic (exact) mass is 198 g/mol. The smallest absolute Gasteiger partial charge is 0.161 e. The van der Waals surface area contributed by atoms with Crippen molar-refractivity contribution in [2.24, 2.45) is 0 Å². The molecule has 0 saturated carbocycles. The summed E-state index contributed by atoms with van der Waals surface area (Å²) in [5, 5.41) is 17.7. The Labute approximate surface area is 82.7 Å². The first kappa shape index (κ1) is 10.8. The Morgan fingerprint density at radius 3 is 2.21 bits per heavy atom. The predicted molar refractivity (Wildman–Crippen MR) is 51.6 cm³/mol. The fourth-order valence-electron chi connectivity index (χ4n) is 1.03. The minimum atomic E-state index is -0.605. The summed E-state index contributed by atoms with van der Waals surface area (Å²) in [5.74, 6) is 1.10. The largest absolute Gasteiger partial charge is 0.493 e. The minimum absolute atomic E-state index is 0.228. The summed E-state index contributed by atoms with van der Waals surface area (Å²) in [6.45, 7) is -0.455. The predicted octanol–water partition coefficient (Wildman–Crippen LogP) is 0.427. The minimum Gasteiger partial charge on any atom is -0.493 e. The Bertz CT molecular complexity index is 271. The van der Waals surface area contributed by atoms with Crippen LogP contribution in [-0.4, -0.2) is 36.6 Å². The molecule has 0 aliphatic heterocycles. The highest BCUT2D eigenvalue weighted by Crippen LogP contribution is 2.26. The van der Waals surface area contributed by atoms with E-state index in [9.17, 15) is 0 Å². The second kappa shape index (κ2) is 5.47. The number of aliphatic hydroxyl groups excluding tert-OH is 2. The summed E-state index contributed by atoms with van der Waals surface area (Å²) in [7, 11) is 1.54. The van der Waals surface area contributed by atoms with Gasteiger partial charge in [0.25, 0.3) is 0 Å². The van der Waals surface area contributed by atoms with E-state index < -0.39 is 6.10 Å². The molecule has 0 fully saturated rings. The zero-order valence-electron chi connectivity index (χ0n) is 8.01. The van der Waals surface area contributed by atoms with Crippen LogP contribution in [0.5, 0.6) is 11.5 Å². The summed E-state index contributed by atoms with van der Waals surface area (Å²) < 4.78 is 10.4. The normalized spacial score (nSPS) is 10.3. The van der Waals surface area contributed by atoms with Crippen molar-refractivity contribution in [1.82, 2.24) is 0 Å². The summed E-state index contributed by atoms with van der Waals surface area (Å²) >= 11 is 0. The molecule has 4 nitrogen and oxygen atoms in total. The van der Waals surface area contributed by atoms with E-state index in [0.717, 1.165) is 0 Å². The van der Waals surface area contributed by atoms with Gasteiger partial charge in [0.2, 0.25) is 0 Å². The number of rotatable bonds is 5. The Morgan fingerprint density at radius 1 is 1.14 bits per heavy atom. The molecule has 0 heterocycles. The molecule has 0 aliphatic carbocycles. The molecule has 0 radical (unpaired) electrons. The van der Waals surface area contributed by atoms with Crippen molar-refractivity contribution in [3.63, 3.8) is 0 Å². The molecule has 0 unspecified atom stereocenters. The number of aliphatic hydroxyl groups is 2. The van der Waals surface area contributed by atoms with Crippen LogP contribution < -0.4 is 9.47 Å². The molecule has 0 amide bonds. The summed E-state index contributed by atoms with van der Waals surface area (Å²) in [4.78, 5) is 0. The molecule has 1 rings (SSSR count). The number of para-hydroxylation sites is 2. The van der Waals surface area contributed by atoms with E-state index >= 15 is 0 Å². The van der Waals surface area contributed by atoms with Crippen LogP contribution in [-0.2, 0) is 0 Å². The molecular formula is C10H14O4. The van der Waals surface area contributed by atoms with Gasteiger partial charge in [-0.15, -0.1) is 0 Å². The van der Waals surface area contributed by atoms with Crippen LogP contribution in [0.2, 0.25) is 0 Å². The summed E-state index contributed by atoms with van der Waals surface area (Å²) in [5.41, 5.74) is 0. The van der Waals surface area contributed by atoms with Gasteiger partial charge in [-0.3, -0.25) is 0 Å². The van der Waals surface area contributed by atoms with Gasteiger partial charge in [-0.25, -0.2) is 0 Å². The molecule has 0 bridgehead atoms. The first-order valence-corrected chi connectivity index (χ1v) is 4.33. The maximum Gasteiger partial charge on any atom is 0.161 e. The van der Waals surface area contributed by atoms with Crippen LogP contribution in [0.3, 0.4) is 0 Å². The maximum atomic E-state index is 8.83. The van der Waals surface area contributed by atoms with Crippen molar-refractivity contribution in [2.45, 2.75) is 6.10 Å². The molecule has 0 aliphatic rings. The molecule has 14 heavy (non-hydrogen) atoms. The van der Waals surface area contributed by atoms with E-state index in [1.165, 1.54) is 7.11 Å². The van der Waals surface area contributed by atoms with Crippen molar-refractivity contribution in [3.05, 3.63) is 24.3 Å². The quantitative estimate of drug-likeness (QED) is 0.720. The standard InChI is InChI=1S/C10H14O4/c1-13-9-4-2-3-5-10(9)14-8(6-11)7-12/h2-5,8,11-12H,6-7H2,1H3. The fraction of sp³-hybridized carbons (Fsp3) is 0.400. The van der Waals surface area contributed by atoms with Gasteiger partial charge < -0.3 is 19.7 Å². The molecule has 2 N–H and O–H groups in total. The van der Waals surface area contributed by atoms with E-state index in [2.05, 4.69) is 0 Å². The van der Waals surface area contributed by atoms with Crippen molar-refractivity contribution >= 4 is 0 Å². The molecule has 1 aromatic rings. The van der Waals surface area contributed by atoms with E-state index in [0.29, 0.717) is 11.5 Å². The third-order valence-corrected chi connectivity index (χ3v) is 1.77. The van der Waals surface area contributed by atoms with Crippen molar-refractivity contribution < 1.29 is 19.7 Å². The highest BCUT2D eigenvalue weighted by atomic mass is 16.5. The lowest BCUT2D eigenvalue weighted by Crippen LogP contribution is -2.25. The Kier molecular flexibility index (Phi) is 4.22. The van der Waals surface area contributed by atoms with E-state index in [-0.39, 0.29) is 13.2 Å². The first-order valence-electron chi connectivity index (χ1n) is 4.33. The van der Waals surface area contributed by atoms with Crippen LogP contribution in [0, 0.1) is 0 Å². The van der Waals surface area contributed by atoms with Crippen LogP contribution in [0.25, 0.3) is 0 Å². The Balaban J connectivity index is 2.74. The molecule has 4 heteroatoms. The summed E-state index contributed by atoms with van der Waals surface area (Å²) in [6, 6.07) is 7.08. The van der Waals surface area contributed by atoms with Crippen molar-refractivity contribution in [2.75, 3.05) is 20.3 Å². The molecule has 0 aromatic heterocycles. The van der Waals surface area contributed by atoms with Crippen LogP contribution >= 0.6 is 0 Å².